The van der Waals surface area contributed by atoms with Gasteiger partial charge in [-0.3, -0.25) is 9.48 Å². The normalized spacial score (nSPS) is 14.3. The van der Waals surface area contributed by atoms with Crippen LogP contribution < -0.4 is 11.1 Å². The topological polar surface area (TPSA) is 121 Å². The summed E-state index contributed by atoms with van der Waals surface area (Å²) >= 11 is 0. The van der Waals surface area contributed by atoms with E-state index in [0.29, 0.717) is 11.6 Å². The molecule has 0 spiro atoms. The van der Waals surface area contributed by atoms with Gasteiger partial charge in [-0.2, -0.15) is 9.78 Å². The molecule has 0 atom stereocenters. The van der Waals surface area contributed by atoms with Gasteiger partial charge in [0.1, 0.15) is 11.5 Å². The number of hydrogen-bond acceptors (Lipinski definition) is 6. The fourth-order valence-electron chi connectivity index (χ4n) is 2.97. The molecule has 1 amide bonds. The highest BCUT2D eigenvalue weighted by molar-refractivity contribution is 5.75. The quantitative estimate of drug-likeness (QED) is 0.630. The second kappa shape index (κ2) is 6.13. The van der Waals surface area contributed by atoms with Gasteiger partial charge in [0.05, 0.1) is 12.6 Å². The number of nitrogens with two attached hydrogens (primary N) is 1. The van der Waals surface area contributed by atoms with Crippen LogP contribution in [-0.4, -0.2) is 53.1 Å². The number of rotatable bonds is 4. The van der Waals surface area contributed by atoms with Crippen molar-refractivity contribution in [1.29, 1.82) is 0 Å². The molecule has 0 saturated heterocycles. The molecule has 1 aliphatic heterocycles. The maximum atomic E-state index is 11.3. The molecule has 3 N–H and O–H groups in total. The van der Waals surface area contributed by atoms with E-state index in [1.165, 1.54) is 0 Å². The van der Waals surface area contributed by atoms with E-state index in [1.807, 2.05) is 19.3 Å². The largest absolute Gasteiger partial charge is 0.369 e. The van der Waals surface area contributed by atoms with Crippen LogP contribution in [0.2, 0.25) is 0 Å². The number of nitrogens with zero attached hydrogens (tertiary/aromatic N) is 7. The SMILES string of the molecule is Cn1nccc1-n1nc(CC(N)=O)nc1-c1cn2c(n1)CCNCC2. The maximum absolute atomic E-state index is 11.3. The highest BCUT2D eigenvalue weighted by atomic mass is 16.1. The summed E-state index contributed by atoms with van der Waals surface area (Å²) in [5, 5.41) is 12.0. The summed E-state index contributed by atoms with van der Waals surface area (Å²) in [6.07, 6.45) is 4.50. The Morgan fingerprint density at radius 1 is 1.36 bits per heavy atom. The average molecular weight is 341 g/mol. The van der Waals surface area contributed by atoms with Crippen molar-refractivity contribution in [1.82, 2.24) is 39.4 Å². The number of hydrogen-bond donors (Lipinski definition) is 2. The molecule has 0 fully saturated rings. The zero-order valence-electron chi connectivity index (χ0n) is 13.9. The molecule has 0 bridgehead atoms. The molecule has 10 heteroatoms. The lowest BCUT2D eigenvalue weighted by molar-refractivity contribution is -0.117. The standard InChI is InChI=1S/C15H19N9O/c1-22-14(3-5-18-22)24-15(20-12(21-24)8-11(16)25)10-9-23-7-6-17-4-2-13(23)19-10/h3,5,9,17H,2,4,6-8H2,1H3,(H2,16,25). The monoisotopic (exact) mass is 341 g/mol. The number of primary amides is 1. The highest BCUT2D eigenvalue weighted by Crippen LogP contribution is 2.21. The third-order valence-electron chi connectivity index (χ3n) is 4.14. The van der Waals surface area contributed by atoms with Crippen LogP contribution in [0.25, 0.3) is 17.3 Å². The molecule has 1 aliphatic rings. The second-order valence-electron chi connectivity index (χ2n) is 5.96. The predicted octanol–water partition coefficient (Wildman–Crippen LogP) is -0.962. The number of nitrogens with one attached hydrogen (secondary N) is 1. The van der Waals surface area contributed by atoms with E-state index in [4.69, 9.17) is 10.7 Å². The molecular weight excluding hydrogens is 322 g/mol. The Hall–Kier alpha value is -3.01. The van der Waals surface area contributed by atoms with Crippen LogP contribution in [0.1, 0.15) is 11.6 Å². The van der Waals surface area contributed by atoms with E-state index < -0.39 is 5.91 Å². The molecule has 3 aromatic heterocycles. The predicted molar refractivity (Wildman–Crippen MR) is 88.8 cm³/mol. The van der Waals surface area contributed by atoms with Gasteiger partial charge in [0, 0.05) is 45.4 Å². The van der Waals surface area contributed by atoms with Crippen molar-refractivity contribution in [2.45, 2.75) is 19.4 Å². The van der Waals surface area contributed by atoms with Crippen LogP contribution in [0.15, 0.2) is 18.5 Å². The number of aryl methyl sites for hydroxylation is 1. The van der Waals surface area contributed by atoms with E-state index >= 15 is 0 Å². The molecule has 25 heavy (non-hydrogen) atoms. The Labute approximate surface area is 143 Å². The molecule has 0 saturated carbocycles. The Morgan fingerprint density at radius 3 is 3.00 bits per heavy atom. The van der Waals surface area contributed by atoms with Crippen LogP contribution >= 0.6 is 0 Å². The molecule has 10 nitrogen and oxygen atoms in total. The Balaban J connectivity index is 1.81. The Bertz CT molecular complexity index is 896. The smallest absolute Gasteiger partial charge is 0.225 e. The van der Waals surface area contributed by atoms with Crippen molar-refractivity contribution < 1.29 is 4.79 Å². The number of carbonyl (C=O) groups excluding carboxylic acids is 1. The van der Waals surface area contributed by atoms with Gasteiger partial charge in [0.15, 0.2) is 17.5 Å². The summed E-state index contributed by atoms with van der Waals surface area (Å²) in [6.45, 7) is 2.66. The molecule has 0 aliphatic carbocycles. The van der Waals surface area contributed by atoms with E-state index in [0.717, 1.165) is 43.4 Å². The maximum Gasteiger partial charge on any atom is 0.225 e. The summed E-state index contributed by atoms with van der Waals surface area (Å²) in [5.41, 5.74) is 6.02. The van der Waals surface area contributed by atoms with Crippen molar-refractivity contribution in [3.8, 4) is 17.3 Å². The lowest BCUT2D eigenvalue weighted by Crippen LogP contribution is -2.17. The molecule has 0 aromatic carbocycles. The number of amides is 1. The number of aromatic nitrogens is 7. The van der Waals surface area contributed by atoms with Crippen molar-refractivity contribution in [3.05, 3.63) is 30.1 Å². The minimum atomic E-state index is -0.472. The summed E-state index contributed by atoms with van der Waals surface area (Å²) in [7, 11) is 1.82. The summed E-state index contributed by atoms with van der Waals surface area (Å²) in [6, 6.07) is 1.83. The van der Waals surface area contributed by atoms with E-state index in [1.54, 1.807) is 15.6 Å². The minimum Gasteiger partial charge on any atom is -0.369 e. The number of fused-ring (bicyclic) bond motifs is 1. The van der Waals surface area contributed by atoms with Crippen molar-refractivity contribution in [2.75, 3.05) is 13.1 Å². The zero-order valence-corrected chi connectivity index (χ0v) is 13.9. The van der Waals surface area contributed by atoms with E-state index in [9.17, 15) is 4.79 Å². The van der Waals surface area contributed by atoms with Crippen LogP contribution in [-0.2, 0) is 31.2 Å². The van der Waals surface area contributed by atoms with Crippen molar-refractivity contribution in [2.24, 2.45) is 12.8 Å². The first kappa shape index (κ1) is 15.5. The highest BCUT2D eigenvalue weighted by Gasteiger charge is 2.21. The van der Waals surface area contributed by atoms with Crippen molar-refractivity contribution in [3.63, 3.8) is 0 Å². The first-order chi connectivity index (χ1) is 12.1. The van der Waals surface area contributed by atoms with Gasteiger partial charge >= 0.3 is 0 Å². The third-order valence-corrected chi connectivity index (χ3v) is 4.14. The molecule has 0 unspecified atom stereocenters. The summed E-state index contributed by atoms with van der Waals surface area (Å²) < 4.78 is 5.48. The molecule has 4 rings (SSSR count). The summed E-state index contributed by atoms with van der Waals surface area (Å²) in [4.78, 5) is 20.5. The molecular formula is C15H19N9O. The van der Waals surface area contributed by atoms with Gasteiger partial charge < -0.3 is 15.6 Å². The number of imidazole rings is 1. The van der Waals surface area contributed by atoms with Crippen molar-refractivity contribution >= 4 is 5.91 Å². The molecule has 4 heterocycles. The van der Waals surface area contributed by atoms with E-state index in [-0.39, 0.29) is 6.42 Å². The molecule has 0 radical (unpaired) electrons. The Morgan fingerprint density at radius 2 is 2.24 bits per heavy atom. The fraction of sp³-hybridized carbons (Fsp3) is 0.400. The lowest BCUT2D eigenvalue weighted by atomic mass is 10.4. The average Bonchev–Trinajstić information content (AvgIpc) is 3.22. The van der Waals surface area contributed by atoms with Crippen LogP contribution in [0, 0.1) is 0 Å². The van der Waals surface area contributed by atoms with Gasteiger partial charge in [-0.05, 0) is 0 Å². The zero-order chi connectivity index (χ0) is 17.4. The van der Waals surface area contributed by atoms with Gasteiger partial charge in [-0.1, -0.05) is 0 Å². The van der Waals surface area contributed by atoms with Crippen LogP contribution in [0.4, 0.5) is 0 Å². The van der Waals surface area contributed by atoms with Gasteiger partial charge in [-0.15, -0.1) is 5.10 Å². The summed E-state index contributed by atoms with van der Waals surface area (Å²) in [5.74, 6) is 2.22. The minimum absolute atomic E-state index is 0.0185. The first-order valence-corrected chi connectivity index (χ1v) is 8.11. The van der Waals surface area contributed by atoms with Gasteiger partial charge in [0.2, 0.25) is 5.91 Å². The third kappa shape index (κ3) is 2.91. The van der Waals surface area contributed by atoms with Gasteiger partial charge in [-0.25, -0.2) is 9.97 Å². The van der Waals surface area contributed by atoms with Crippen LogP contribution in [0.3, 0.4) is 0 Å². The van der Waals surface area contributed by atoms with Crippen LogP contribution in [0.5, 0.6) is 0 Å². The second-order valence-corrected chi connectivity index (χ2v) is 5.96. The fourth-order valence-corrected chi connectivity index (χ4v) is 2.97. The van der Waals surface area contributed by atoms with E-state index in [2.05, 4.69) is 25.1 Å². The first-order valence-electron chi connectivity index (χ1n) is 8.11. The molecule has 3 aromatic rings. The lowest BCUT2D eigenvalue weighted by Gasteiger charge is -2.04. The van der Waals surface area contributed by atoms with Gasteiger partial charge in [0.25, 0.3) is 0 Å². The molecule has 130 valence electrons. The Kier molecular flexibility index (Phi) is 3.80. The number of carbonyl (C=O) groups is 1.